The van der Waals surface area contributed by atoms with Crippen LogP contribution in [0.5, 0.6) is 0 Å². The molecular formula is C100H150O18. The molecule has 6 unspecified atom stereocenters. The first-order chi connectivity index (χ1) is 57.7. The summed E-state index contributed by atoms with van der Waals surface area (Å²) in [6, 6.07) is 40.0. The fourth-order valence-electron chi connectivity index (χ4n) is 15.1. The number of rotatable bonds is 67. The highest BCUT2D eigenvalue weighted by Gasteiger charge is 2.46. The lowest BCUT2D eigenvalue weighted by atomic mass is 9.83. The highest BCUT2D eigenvalue weighted by Crippen LogP contribution is 2.36. The second-order valence-electron chi connectivity index (χ2n) is 32.9. The van der Waals surface area contributed by atoms with E-state index < -0.39 is 24.5 Å². The predicted molar refractivity (Wildman–Crippen MR) is 465 cm³/mol. The Labute approximate surface area is 709 Å². The minimum atomic E-state index is -0.651. The van der Waals surface area contributed by atoms with E-state index in [4.69, 9.17) is 56.8 Å². The molecule has 0 bridgehead atoms. The van der Waals surface area contributed by atoms with Gasteiger partial charge in [-0.1, -0.05) is 296 Å². The normalized spacial score (nSPS) is 19.8. The Morgan fingerprint density at radius 3 is 1.10 bits per heavy atom. The van der Waals surface area contributed by atoms with Crippen LogP contribution in [0.15, 0.2) is 146 Å². The van der Waals surface area contributed by atoms with E-state index in [1.54, 1.807) is 0 Å². The molecule has 0 aliphatic carbocycles. The standard InChI is InChI=1S/C100H150O18/c1-7-9-11-43-61-87(116-95(105)69-51-67-93(103)109-77-89-79(3)80(4)98(112-74-84-55-37-32-38-56-84)100(118-89)114-76-86-59-41-34-42-60-86)63-45-25-19-13-15-21-27-47-65-91(101)107-71-49-29-23-17-18-24-30-50-72-108-92(102)66-48-28-22-16-14-20-26-46-64-88(62-44-12-10-8-2)117-96(106)70-52-68-94(104)110-78-90-99(113-75-85-57-39-33-40-58-85)97(81(5)82(6)115-90)111-73-83-53-35-31-36-54-83/h25-26,31-42,45-46,53-60,79-82,87-90,97-100H,7-24,27-30,43-44,47-52,61-78H2,1-6H3/b45-25-,46-26-/t79-,80+,81?,82?,87-,88-,89?,90?,97-,98?,99+,100?/m1/s1. The van der Waals surface area contributed by atoms with Crippen LogP contribution in [0.2, 0.25) is 0 Å². The molecule has 0 N–H and O–H groups in total. The van der Waals surface area contributed by atoms with Crippen LogP contribution in [-0.4, -0.2) is 117 Å². The smallest absolute Gasteiger partial charge is 0.306 e. The van der Waals surface area contributed by atoms with Gasteiger partial charge in [-0.15, -0.1) is 0 Å². The summed E-state index contributed by atoms with van der Waals surface area (Å²) in [6.07, 6.45) is 39.9. The van der Waals surface area contributed by atoms with Crippen LogP contribution in [0.4, 0.5) is 0 Å². The van der Waals surface area contributed by atoms with Crippen LogP contribution in [0.3, 0.4) is 0 Å². The van der Waals surface area contributed by atoms with Crippen molar-refractivity contribution in [3.63, 3.8) is 0 Å². The fraction of sp³-hybridized carbons (Fsp3) is 0.660. The van der Waals surface area contributed by atoms with Crippen LogP contribution < -0.4 is 0 Å². The Balaban J connectivity index is 0.697. The molecule has 2 heterocycles. The largest absolute Gasteiger partial charge is 0.466 e. The van der Waals surface area contributed by atoms with E-state index in [1.165, 1.54) is 0 Å². The summed E-state index contributed by atoms with van der Waals surface area (Å²) < 4.78 is 73.4. The zero-order valence-electron chi connectivity index (χ0n) is 73.1. The summed E-state index contributed by atoms with van der Waals surface area (Å²) in [5, 5.41) is 0. The quantitative estimate of drug-likeness (QED) is 0.0174. The summed E-state index contributed by atoms with van der Waals surface area (Å²) in [5.41, 5.74) is 4.19. The van der Waals surface area contributed by atoms with Gasteiger partial charge in [0.2, 0.25) is 0 Å². The molecule has 4 aromatic rings. The average molecular weight is 1640 g/mol. The van der Waals surface area contributed by atoms with Crippen molar-refractivity contribution in [1.29, 1.82) is 0 Å². The van der Waals surface area contributed by atoms with E-state index in [-0.39, 0.29) is 123 Å². The van der Waals surface area contributed by atoms with Gasteiger partial charge in [-0.05, 0) is 131 Å². The van der Waals surface area contributed by atoms with Gasteiger partial charge in [-0.3, -0.25) is 28.8 Å². The summed E-state index contributed by atoms with van der Waals surface area (Å²) in [4.78, 5) is 77.2. The minimum Gasteiger partial charge on any atom is -0.466 e. The molecule has 18 heteroatoms. The summed E-state index contributed by atoms with van der Waals surface area (Å²) in [6.45, 7) is 15.4. The molecule has 2 saturated heterocycles. The summed E-state index contributed by atoms with van der Waals surface area (Å²) in [7, 11) is 0. The van der Waals surface area contributed by atoms with Gasteiger partial charge < -0.3 is 56.8 Å². The van der Waals surface area contributed by atoms with Crippen molar-refractivity contribution in [2.45, 2.75) is 380 Å². The predicted octanol–water partition coefficient (Wildman–Crippen LogP) is 23.1. The first-order valence-corrected chi connectivity index (χ1v) is 45.9. The van der Waals surface area contributed by atoms with E-state index in [1.807, 2.05) is 128 Å². The molecule has 0 aromatic heterocycles. The second kappa shape index (κ2) is 63.9. The molecule has 0 saturated carbocycles. The Hall–Kier alpha value is -7.06. The number of carbonyl (C=O) groups excluding carboxylic acids is 6. The van der Waals surface area contributed by atoms with Crippen molar-refractivity contribution < 1.29 is 85.6 Å². The Morgan fingerprint density at radius 1 is 0.322 bits per heavy atom. The average Bonchev–Trinajstić information content (AvgIpc) is 0.807. The van der Waals surface area contributed by atoms with Crippen molar-refractivity contribution in [2.75, 3.05) is 26.4 Å². The molecule has 18 nitrogen and oxygen atoms in total. The first kappa shape index (κ1) is 99.8. The highest BCUT2D eigenvalue weighted by atomic mass is 16.7. The second-order valence-corrected chi connectivity index (χ2v) is 32.9. The van der Waals surface area contributed by atoms with Gasteiger partial charge in [0, 0.05) is 57.3 Å². The zero-order chi connectivity index (χ0) is 84.1. The monoisotopic (exact) mass is 1640 g/mol. The van der Waals surface area contributed by atoms with Crippen LogP contribution >= 0.6 is 0 Å². The lowest BCUT2D eigenvalue weighted by Gasteiger charge is -2.44. The molecule has 2 aliphatic rings. The zero-order valence-corrected chi connectivity index (χ0v) is 73.1. The third kappa shape index (κ3) is 45.0. The van der Waals surface area contributed by atoms with E-state index in [0.717, 1.165) is 215 Å². The van der Waals surface area contributed by atoms with Gasteiger partial charge in [-0.2, -0.15) is 0 Å². The number of allylic oxidation sites excluding steroid dienone is 2. The number of carbonyl (C=O) groups is 6. The maximum atomic E-state index is 13.1. The van der Waals surface area contributed by atoms with Gasteiger partial charge in [0.05, 0.1) is 58.0 Å². The van der Waals surface area contributed by atoms with E-state index in [9.17, 15) is 28.8 Å². The van der Waals surface area contributed by atoms with Crippen molar-refractivity contribution in [3.8, 4) is 0 Å². The highest BCUT2D eigenvalue weighted by molar-refractivity contribution is 5.73. The molecule has 0 amide bonds. The molecular weight excluding hydrogens is 1490 g/mol. The summed E-state index contributed by atoms with van der Waals surface area (Å²) in [5.74, 6) is -1.42. The topological polar surface area (TPSA) is 213 Å². The number of hydrogen-bond acceptors (Lipinski definition) is 18. The fourth-order valence-corrected chi connectivity index (χ4v) is 15.1. The third-order valence-corrected chi connectivity index (χ3v) is 22.9. The van der Waals surface area contributed by atoms with Gasteiger partial charge in [0.25, 0.3) is 0 Å². The van der Waals surface area contributed by atoms with Crippen LogP contribution in [0.1, 0.15) is 321 Å². The van der Waals surface area contributed by atoms with Crippen molar-refractivity contribution in [2.24, 2.45) is 17.8 Å². The lowest BCUT2D eigenvalue weighted by Crippen LogP contribution is -2.56. The molecule has 2 fully saturated rings. The van der Waals surface area contributed by atoms with Crippen molar-refractivity contribution >= 4 is 35.8 Å². The van der Waals surface area contributed by atoms with Gasteiger partial charge >= 0.3 is 35.8 Å². The number of unbranched alkanes of at least 4 members (excludes halogenated alkanes) is 23. The van der Waals surface area contributed by atoms with Crippen LogP contribution in [0, 0.1) is 17.8 Å². The van der Waals surface area contributed by atoms with Gasteiger partial charge in [0.15, 0.2) is 6.29 Å². The lowest BCUT2D eigenvalue weighted by molar-refractivity contribution is -0.291. The molecule has 118 heavy (non-hydrogen) atoms. The van der Waals surface area contributed by atoms with Crippen molar-refractivity contribution in [3.05, 3.63) is 168 Å². The number of benzene rings is 4. The number of ether oxygens (including phenoxy) is 12. The third-order valence-electron chi connectivity index (χ3n) is 22.9. The SMILES string of the molecule is CCCCCC[C@H](C/C=C\CCCCCCCC(=O)OCCCCCCCCCCOC(=O)CCCCCCC/C=C\C[C@@H](CCCCCC)OC(=O)CCCC(=O)OCC1OC(C)C(C)[C@@H](OCc2ccccc2)[C@H]1OCc1ccccc1)OC(=O)CCCC(=O)OCC1OC(OCc2ccccc2)C(OCc2ccccc2)[C@@H](C)[C@H]1C. The van der Waals surface area contributed by atoms with E-state index in [2.05, 4.69) is 58.9 Å². The number of esters is 6. The van der Waals surface area contributed by atoms with Gasteiger partial charge in [-0.25, -0.2) is 0 Å². The summed E-state index contributed by atoms with van der Waals surface area (Å²) >= 11 is 0. The Morgan fingerprint density at radius 2 is 0.669 bits per heavy atom. The molecule has 6 rings (SSSR count). The molecule has 4 aromatic carbocycles. The van der Waals surface area contributed by atoms with Crippen LogP contribution in [-0.2, 0) is 112 Å². The minimum absolute atomic E-state index is 0.0178. The number of hydrogen-bond donors (Lipinski definition) is 0. The Bertz CT molecular complexity index is 3290. The molecule has 0 spiro atoms. The molecule has 658 valence electrons. The van der Waals surface area contributed by atoms with Gasteiger partial charge in [0.1, 0.15) is 43.7 Å². The Kier molecular flexibility index (Phi) is 54.0. The maximum absolute atomic E-state index is 13.1. The maximum Gasteiger partial charge on any atom is 0.306 e. The van der Waals surface area contributed by atoms with Crippen molar-refractivity contribution in [1.82, 2.24) is 0 Å². The molecule has 2 aliphatic heterocycles. The van der Waals surface area contributed by atoms with E-state index >= 15 is 0 Å². The molecule has 0 radical (unpaired) electrons. The molecule has 12 atom stereocenters. The van der Waals surface area contributed by atoms with Crippen LogP contribution in [0.25, 0.3) is 0 Å². The van der Waals surface area contributed by atoms with E-state index in [0.29, 0.717) is 78.2 Å². The first-order valence-electron chi connectivity index (χ1n) is 45.9.